The molecule has 3 amide bonds. The number of rotatable bonds is 3. The Bertz CT molecular complexity index is 622. The molecule has 0 aromatic heterocycles. The van der Waals surface area contributed by atoms with Crippen molar-refractivity contribution in [3.05, 3.63) is 35.0 Å². The van der Waals surface area contributed by atoms with E-state index in [9.17, 15) is 18.8 Å². The van der Waals surface area contributed by atoms with Gasteiger partial charge in [0.15, 0.2) is 0 Å². The van der Waals surface area contributed by atoms with Crippen LogP contribution in [0.4, 0.5) is 4.39 Å². The van der Waals surface area contributed by atoms with Crippen molar-refractivity contribution in [3.8, 4) is 0 Å². The number of hydrogen-bond donors (Lipinski definition) is 3. The van der Waals surface area contributed by atoms with Crippen molar-refractivity contribution in [2.24, 2.45) is 5.73 Å². The van der Waals surface area contributed by atoms with Gasteiger partial charge in [0.05, 0.1) is 12.7 Å². The first-order chi connectivity index (χ1) is 10.4. The van der Waals surface area contributed by atoms with E-state index in [0.717, 1.165) is 6.08 Å². The Morgan fingerprint density at radius 3 is 2.82 bits per heavy atom. The van der Waals surface area contributed by atoms with Gasteiger partial charge in [-0.1, -0.05) is 0 Å². The van der Waals surface area contributed by atoms with Crippen LogP contribution in [0.2, 0.25) is 0 Å². The average Bonchev–Trinajstić information content (AvgIpc) is 2.59. The highest BCUT2D eigenvalue weighted by Crippen LogP contribution is 2.22. The second-order valence-corrected chi connectivity index (χ2v) is 4.95. The molecule has 1 saturated heterocycles. The van der Waals surface area contributed by atoms with E-state index in [0.29, 0.717) is 0 Å². The van der Waals surface area contributed by atoms with E-state index in [4.69, 9.17) is 10.5 Å². The average molecular weight is 309 g/mol. The monoisotopic (exact) mass is 309 g/mol. The highest BCUT2D eigenvalue weighted by atomic mass is 19.1. The molecular formula is C14H16FN3O4. The molecule has 0 saturated carbocycles. The Morgan fingerprint density at radius 2 is 2.18 bits per heavy atom. The number of allylic oxidation sites excluding steroid dienone is 2. The van der Waals surface area contributed by atoms with Gasteiger partial charge in [0.25, 0.3) is 5.91 Å². The summed E-state index contributed by atoms with van der Waals surface area (Å²) >= 11 is 0. The molecule has 7 nitrogen and oxygen atoms in total. The lowest BCUT2D eigenvalue weighted by molar-refractivity contribution is -0.136. The number of amides is 3. The standard InChI is InChI=1S/C14H16FN3O4/c1-22-11-6-8(16)4-7(15)5-9(11)13(20)17-10-2-3-12(19)18-14(10)21/h5-6,10H,2-4,16H2,1H3,(H,17,20)(H,18,19,21). The Morgan fingerprint density at radius 1 is 1.45 bits per heavy atom. The second-order valence-electron chi connectivity index (χ2n) is 4.95. The molecule has 0 aromatic rings. The van der Waals surface area contributed by atoms with E-state index in [1.54, 1.807) is 0 Å². The van der Waals surface area contributed by atoms with Gasteiger partial charge in [0.1, 0.15) is 17.6 Å². The molecule has 4 N–H and O–H groups in total. The topological polar surface area (TPSA) is 111 Å². The van der Waals surface area contributed by atoms with Gasteiger partial charge >= 0.3 is 0 Å². The van der Waals surface area contributed by atoms with E-state index in [2.05, 4.69) is 10.6 Å². The molecule has 0 bridgehead atoms. The summed E-state index contributed by atoms with van der Waals surface area (Å²) in [5.41, 5.74) is 5.76. The van der Waals surface area contributed by atoms with Crippen molar-refractivity contribution in [2.45, 2.75) is 25.3 Å². The lowest BCUT2D eigenvalue weighted by atomic mass is 10.1. The van der Waals surface area contributed by atoms with Crippen LogP contribution in [0.5, 0.6) is 0 Å². The van der Waals surface area contributed by atoms with Gasteiger partial charge in [-0.05, 0) is 12.5 Å². The summed E-state index contributed by atoms with van der Waals surface area (Å²) in [6, 6.07) is -0.850. The molecule has 0 aromatic carbocycles. The zero-order valence-electron chi connectivity index (χ0n) is 11.9. The minimum atomic E-state index is -0.850. The molecule has 2 rings (SSSR count). The summed E-state index contributed by atoms with van der Waals surface area (Å²) < 4.78 is 18.7. The van der Waals surface area contributed by atoms with Gasteiger partial charge in [-0.2, -0.15) is 0 Å². The van der Waals surface area contributed by atoms with Crippen molar-refractivity contribution in [3.63, 3.8) is 0 Å². The van der Waals surface area contributed by atoms with Gasteiger partial charge in [-0.3, -0.25) is 19.7 Å². The molecule has 1 unspecified atom stereocenters. The van der Waals surface area contributed by atoms with Crippen LogP contribution in [-0.2, 0) is 19.1 Å². The van der Waals surface area contributed by atoms with Crippen molar-refractivity contribution in [2.75, 3.05) is 7.11 Å². The Kier molecular flexibility index (Phi) is 4.59. The quantitative estimate of drug-likeness (QED) is 0.631. The normalized spacial score (nSPS) is 22.4. The number of carbonyl (C=O) groups excluding carboxylic acids is 3. The van der Waals surface area contributed by atoms with Crippen LogP contribution in [0.25, 0.3) is 0 Å². The van der Waals surface area contributed by atoms with E-state index in [1.807, 2.05) is 0 Å². The Hall–Kier alpha value is -2.64. The first-order valence-corrected chi connectivity index (χ1v) is 6.65. The molecule has 22 heavy (non-hydrogen) atoms. The zero-order valence-corrected chi connectivity index (χ0v) is 11.9. The fourth-order valence-electron chi connectivity index (χ4n) is 2.18. The predicted molar refractivity (Wildman–Crippen MR) is 74.4 cm³/mol. The van der Waals surface area contributed by atoms with Crippen LogP contribution in [0.1, 0.15) is 19.3 Å². The lowest BCUT2D eigenvalue weighted by Gasteiger charge is -2.22. The number of piperidine rings is 1. The van der Waals surface area contributed by atoms with E-state index < -0.39 is 23.7 Å². The summed E-state index contributed by atoms with van der Waals surface area (Å²) in [5, 5.41) is 4.59. The second kappa shape index (κ2) is 6.42. The summed E-state index contributed by atoms with van der Waals surface area (Å²) in [7, 11) is 1.33. The van der Waals surface area contributed by atoms with E-state index in [1.165, 1.54) is 13.2 Å². The molecular weight excluding hydrogens is 293 g/mol. The first kappa shape index (κ1) is 15.7. The summed E-state index contributed by atoms with van der Waals surface area (Å²) in [4.78, 5) is 35.0. The molecule has 1 fully saturated rings. The molecule has 8 heteroatoms. The van der Waals surface area contributed by atoms with Crippen molar-refractivity contribution >= 4 is 17.7 Å². The number of halogens is 1. The van der Waals surface area contributed by atoms with Crippen molar-refractivity contribution in [1.29, 1.82) is 0 Å². The minimum absolute atomic E-state index is 0.0647. The minimum Gasteiger partial charge on any atom is -0.496 e. The smallest absolute Gasteiger partial charge is 0.255 e. The predicted octanol–water partition coefficient (Wildman–Crippen LogP) is -0.0920. The molecule has 0 spiro atoms. The van der Waals surface area contributed by atoms with Crippen LogP contribution < -0.4 is 16.4 Å². The van der Waals surface area contributed by atoms with Gasteiger partial charge < -0.3 is 15.8 Å². The maximum atomic E-state index is 13.7. The molecule has 1 heterocycles. The van der Waals surface area contributed by atoms with Gasteiger partial charge in [0.2, 0.25) is 11.8 Å². The number of hydrogen-bond acceptors (Lipinski definition) is 5. The molecule has 1 aliphatic heterocycles. The molecule has 0 radical (unpaired) electrons. The third-order valence-corrected chi connectivity index (χ3v) is 3.26. The molecule has 2 aliphatic rings. The zero-order chi connectivity index (χ0) is 16.3. The number of imide groups is 1. The fourth-order valence-corrected chi connectivity index (χ4v) is 2.18. The number of ether oxygens (including phenoxy) is 1. The number of nitrogens with two attached hydrogens (primary N) is 1. The van der Waals surface area contributed by atoms with Crippen LogP contribution in [0.15, 0.2) is 35.0 Å². The summed E-state index contributed by atoms with van der Waals surface area (Å²) in [6.45, 7) is 0. The highest BCUT2D eigenvalue weighted by molar-refractivity contribution is 6.04. The summed E-state index contributed by atoms with van der Waals surface area (Å²) in [6.07, 6.45) is 2.58. The highest BCUT2D eigenvalue weighted by Gasteiger charge is 2.29. The van der Waals surface area contributed by atoms with Crippen molar-refractivity contribution in [1.82, 2.24) is 10.6 Å². The van der Waals surface area contributed by atoms with Crippen LogP contribution in [0.3, 0.4) is 0 Å². The van der Waals surface area contributed by atoms with E-state index >= 15 is 0 Å². The van der Waals surface area contributed by atoms with Crippen LogP contribution >= 0.6 is 0 Å². The first-order valence-electron chi connectivity index (χ1n) is 6.65. The van der Waals surface area contributed by atoms with Gasteiger partial charge in [-0.25, -0.2) is 4.39 Å². The number of nitrogens with one attached hydrogen (secondary N) is 2. The largest absolute Gasteiger partial charge is 0.496 e. The third-order valence-electron chi connectivity index (χ3n) is 3.26. The van der Waals surface area contributed by atoms with Gasteiger partial charge in [0, 0.05) is 24.6 Å². The maximum Gasteiger partial charge on any atom is 0.255 e. The van der Waals surface area contributed by atoms with Crippen molar-refractivity contribution < 1.29 is 23.5 Å². The SMILES string of the molecule is COC1=C(C(=O)NC2CCC(=O)NC2=O)C=C(F)CC(N)=C1. The number of carbonyl (C=O) groups is 3. The lowest BCUT2D eigenvalue weighted by Crippen LogP contribution is -2.52. The molecule has 1 atom stereocenters. The van der Waals surface area contributed by atoms with Crippen LogP contribution in [0, 0.1) is 0 Å². The molecule has 118 valence electrons. The van der Waals surface area contributed by atoms with Gasteiger partial charge in [-0.15, -0.1) is 0 Å². The number of methoxy groups -OCH3 is 1. The third kappa shape index (κ3) is 3.51. The van der Waals surface area contributed by atoms with E-state index in [-0.39, 0.29) is 42.2 Å². The maximum absolute atomic E-state index is 13.7. The van der Waals surface area contributed by atoms with Crippen LogP contribution in [-0.4, -0.2) is 30.9 Å². The summed E-state index contributed by atoms with van der Waals surface area (Å²) in [5.74, 6) is -2.13. The Labute approximate surface area is 126 Å². The Balaban J connectivity index is 2.21. The molecule has 1 aliphatic carbocycles. The fraction of sp³-hybridized carbons (Fsp3) is 0.357.